The van der Waals surface area contributed by atoms with Crippen molar-refractivity contribution in [2.45, 2.75) is 13.3 Å². The summed E-state index contributed by atoms with van der Waals surface area (Å²) >= 11 is 0. The minimum absolute atomic E-state index is 0.0309. The first-order valence-corrected chi connectivity index (χ1v) is 4.67. The van der Waals surface area contributed by atoms with Crippen molar-refractivity contribution in [3.8, 4) is 6.07 Å². The van der Waals surface area contributed by atoms with Crippen LogP contribution in [0.3, 0.4) is 0 Å². The summed E-state index contributed by atoms with van der Waals surface area (Å²) in [5.74, 6) is -1.26. The molecule has 0 bridgehead atoms. The van der Waals surface area contributed by atoms with Crippen LogP contribution in [0, 0.1) is 11.3 Å². The summed E-state index contributed by atoms with van der Waals surface area (Å²) in [6.07, 6.45) is -2.94. The van der Waals surface area contributed by atoms with Gasteiger partial charge >= 0.3 is 5.97 Å². The topological polar surface area (TPSA) is 89.0 Å². The molecular weight excluding hydrogens is 232 g/mol. The van der Waals surface area contributed by atoms with Crippen molar-refractivity contribution in [3.05, 3.63) is 22.9 Å². The SMILES string of the molecule is CCOC(=O)c1nc(N)c(C#N)cc1C(F)F. The van der Waals surface area contributed by atoms with Gasteiger partial charge in [0.1, 0.15) is 11.9 Å². The number of ether oxygens (including phenoxy) is 1. The predicted molar refractivity (Wildman–Crippen MR) is 54.3 cm³/mol. The average Bonchev–Trinajstić information content (AvgIpc) is 2.28. The highest BCUT2D eigenvalue weighted by Gasteiger charge is 2.23. The number of carbonyl (C=O) groups excluding carboxylic acids is 1. The van der Waals surface area contributed by atoms with Crippen LogP contribution in [-0.4, -0.2) is 17.6 Å². The van der Waals surface area contributed by atoms with E-state index in [1.807, 2.05) is 0 Å². The number of rotatable bonds is 3. The quantitative estimate of drug-likeness (QED) is 0.812. The Morgan fingerprint density at radius 3 is 2.82 bits per heavy atom. The molecule has 1 aromatic heterocycles. The number of esters is 1. The van der Waals surface area contributed by atoms with Gasteiger partial charge in [0.25, 0.3) is 6.43 Å². The number of anilines is 1. The maximum absolute atomic E-state index is 12.7. The Morgan fingerprint density at radius 2 is 2.35 bits per heavy atom. The van der Waals surface area contributed by atoms with Gasteiger partial charge in [-0.2, -0.15) is 5.26 Å². The van der Waals surface area contributed by atoms with Gasteiger partial charge in [0.05, 0.1) is 17.7 Å². The first kappa shape index (κ1) is 12.8. The van der Waals surface area contributed by atoms with Crippen molar-refractivity contribution < 1.29 is 18.3 Å². The molecule has 0 aliphatic heterocycles. The molecule has 90 valence electrons. The second-order valence-electron chi connectivity index (χ2n) is 2.99. The van der Waals surface area contributed by atoms with E-state index in [0.29, 0.717) is 0 Å². The second-order valence-corrected chi connectivity index (χ2v) is 2.99. The van der Waals surface area contributed by atoms with Gasteiger partial charge in [-0.15, -0.1) is 0 Å². The number of nitriles is 1. The van der Waals surface area contributed by atoms with Crippen LogP contribution in [0.2, 0.25) is 0 Å². The lowest BCUT2D eigenvalue weighted by molar-refractivity contribution is 0.0508. The Balaban J connectivity index is 3.34. The monoisotopic (exact) mass is 241 g/mol. The molecule has 0 amide bonds. The van der Waals surface area contributed by atoms with Crippen molar-refractivity contribution in [2.75, 3.05) is 12.3 Å². The number of nitrogens with zero attached hydrogens (tertiary/aromatic N) is 2. The van der Waals surface area contributed by atoms with Gasteiger partial charge < -0.3 is 10.5 Å². The van der Waals surface area contributed by atoms with Crippen molar-refractivity contribution in [1.29, 1.82) is 5.26 Å². The zero-order valence-electron chi connectivity index (χ0n) is 8.91. The molecule has 1 rings (SSSR count). The number of pyridine rings is 1. The van der Waals surface area contributed by atoms with Crippen LogP contribution in [-0.2, 0) is 4.74 Å². The van der Waals surface area contributed by atoms with Gasteiger partial charge in [-0.25, -0.2) is 18.6 Å². The van der Waals surface area contributed by atoms with E-state index in [0.717, 1.165) is 6.07 Å². The van der Waals surface area contributed by atoms with Crippen LogP contribution >= 0.6 is 0 Å². The fourth-order valence-electron chi connectivity index (χ4n) is 1.16. The Bertz CT molecular complexity index is 483. The number of halogens is 2. The van der Waals surface area contributed by atoms with Crippen molar-refractivity contribution in [3.63, 3.8) is 0 Å². The fourth-order valence-corrected chi connectivity index (χ4v) is 1.16. The standard InChI is InChI=1S/C10H9F2N3O2/c1-2-17-10(16)7-6(8(11)12)3-5(4-13)9(14)15-7/h3,8H,2H2,1H3,(H2,14,15). The molecule has 0 saturated heterocycles. The molecular formula is C10H9F2N3O2. The summed E-state index contributed by atoms with van der Waals surface area (Å²) < 4.78 is 29.9. The Labute approximate surface area is 95.8 Å². The minimum Gasteiger partial charge on any atom is -0.461 e. The first-order chi connectivity index (χ1) is 8.01. The Hall–Kier alpha value is -2.23. The number of carbonyl (C=O) groups is 1. The molecule has 0 atom stereocenters. The molecule has 0 aliphatic carbocycles. The molecule has 0 radical (unpaired) electrons. The molecule has 0 unspecified atom stereocenters. The summed E-state index contributed by atoms with van der Waals surface area (Å²) in [4.78, 5) is 14.8. The molecule has 0 aromatic carbocycles. The van der Waals surface area contributed by atoms with Crippen molar-refractivity contribution in [2.24, 2.45) is 0 Å². The van der Waals surface area contributed by atoms with Crippen LogP contribution < -0.4 is 5.73 Å². The molecule has 2 N–H and O–H groups in total. The van der Waals surface area contributed by atoms with Gasteiger partial charge in [0, 0.05) is 0 Å². The number of hydrogen-bond donors (Lipinski definition) is 1. The smallest absolute Gasteiger partial charge is 0.357 e. The third kappa shape index (κ3) is 2.66. The largest absolute Gasteiger partial charge is 0.461 e. The van der Waals surface area contributed by atoms with Crippen molar-refractivity contribution >= 4 is 11.8 Å². The normalized spacial score (nSPS) is 10.1. The van der Waals surface area contributed by atoms with Gasteiger partial charge in [-0.3, -0.25) is 0 Å². The third-order valence-corrected chi connectivity index (χ3v) is 1.91. The molecule has 0 aliphatic rings. The number of nitrogens with two attached hydrogens (primary N) is 1. The molecule has 5 nitrogen and oxygen atoms in total. The second kappa shape index (κ2) is 5.21. The number of alkyl halides is 2. The molecule has 0 saturated carbocycles. The zero-order valence-corrected chi connectivity index (χ0v) is 8.91. The highest BCUT2D eigenvalue weighted by Crippen LogP contribution is 2.25. The van der Waals surface area contributed by atoms with E-state index in [-0.39, 0.29) is 18.0 Å². The van der Waals surface area contributed by atoms with Crippen molar-refractivity contribution in [1.82, 2.24) is 4.98 Å². The Morgan fingerprint density at radius 1 is 1.71 bits per heavy atom. The maximum Gasteiger partial charge on any atom is 0.357 e. The lowest BCUT2D eigenvalue weighted by Gasteiger charge is -2.08. The number of hydrogen-bond acceptors (Lipinski definition) is 5. The predicted octanol–water partition coefficient (Wildman–Crippen LogP) is 1.65. The van der Waals surface area contributed by atoms with E-state index in [1.165, 1.54) is 6.92 Å². The summed E-state index contributed by atoms with van der Waals surface area (Å²) in [5.41, 5.74) is 3.93. The third-order valence-electron chi connectivity index (χ3n) is 1.91. The molecule has 0 fully saturated rings. The summed E-state index contributed by atoms with van der Waals surface area (Å²) in [5, 5.41) is 8.63. The molecule has 17 heavy (non-hydrogen) atoms. The van der Waals surface area contributed by atoms with Crippen LogP contribution in [0.5, 0.6) is 0 Å². The van der Waals surface area contributed by atoms with E-state index < -0.39 is 23.7 Å². The Kier molecular flexibility index (Phi) is 3.93. The van der Waals surface area contributed by atoms with Crippen LogP contribution in [0.1, 0.15) is 35.0 Å². The molecule has 0 spiro atoms. The van der Waals surface area contributed by atoms with Gasteiger partial charge in [0.15, 0.2) is 5.69 Å². The van der Waals surface area contributed by atoms with Crippen LogP contribution in [0.25, 0.3) is 0 Å². The first-order valence-electron chi connectivity index (χ1n) is 4.67. The highest BCUT2D eigenvalue weighted by atomic mass is 19.3. The lowest BCUT2D eigenvalue weighted by Crippen LogP contribution is -2.13. The maximum atomic E-state index is 12.7. The van der Waals surface area contributed by atoms with E-state index in [2.05, 4.69) is 9.72 Å². The van der Waals surface area contributed by atoms with Crippen LogP contribution in [0.15, 0.2) is 6.07 Å². The highest BCUT2D eigenvalue weighted by molar-refractivity contribution is 5.89. The summed E-state index contributed by atoms with van der Waals surface area (Å²) in [6.45, 7) is 1.57. The number of nitrogen functional groups attached to an aromatic ring is 1. The van der Waals surface area contributed by atoms with E-state index in [9.17, 15) is 13.6 Å². The van der Waals surface area contributed by atoms with E-state index in [4.69, 9.17) is 11.0 Å². The zero-order chi connectivity index (χ0) is 13.0. The van der Waals surface area contributed by atoms with Gasteiger partial charge in [0.2, 0.25) is 0 Å². The van der Waals surface area contributed by atoms with Gasteiger partial charge in [-0.1, -0.05) is 0 Å². The lowest BCUT2D eigenvalue weighted by atomic mass is 10.1. The fraction of sp³-hybridized carbons (Fsp3) is 0.300. The summed E-state index contributed by atoms with van der Waals surface area (Å²) in [7, 11) is 0. The average molecular weight is 241 g/mol. The van der Waals surface area contributed by atoms with Gasteiger partial charge in [-0.05, 0) is 13.0 Å². The molecule has 1 aromatic rings. The van der Waals surface area contributed by atoms with E-state index >= 15 is 0 Å². The summed E-state index contributed by atoms with van der Waals surface area (Å²) in [6, 6.07) is 2.46. The van der Waals surface area contributed by atoms with Crippen LogP contribution in [0.4, 0.5) is 14.6 Å². The minimum atomic E-state index is -2.94. The van der Waals surface area contributed by atoms with E-state index in [1.54, 1.807) is 6.07 Å². The molecule has 1 heterocycles. The molecule has 7 heteroatoms. The number of aromatic nitrogens is 1.